The number of imidazole rings is 1. The first-order chi connectivity index (χ1) is 10.8. The highest BCUT2D eigenvalue weighted by Crippen LogP contribution is 2.53. The summed E-state index contributed by atoms with van der Waals surface area (Å²) in [5.41, 5.74) is 0.863. The number of aliphatic hydroxyl groups is 1. The predicted molar refractivity (Wildman–Crippen MR) is 83.0 cm³/mol. The highest BCUT2D eigenvalue weighted by Gasteiger charge is 2.60. The normalized spacial score (nSPS) is 35.8. The molecule has 2 aromatic rings. The predicted octanol–water partition coefficient (Wildman–Crippen LogP) is 1.94. The fraction of sp³-hybridized carbons (Fsp3) is 0.667. The third-order valence-corrected chi connectivity index (χ3v) is 5.18. The molecule has 0 amide bonds. The van der Waals surface area contributed by atoms with Crippen LogP contribution in [0.15, 0.2) is 12.7 Å². The van der Waals surface area contributed by atoms with Gasteiger partial charge in [-0.05, 0) is 20.3 Å². The molecule has 2 aromatic heterocycles. The molecule has 124 valence electrons. The van der Waals surface area contributed by atoms with Crippen LogP contribution >= 0.6 is 11.6 Å². The Kier molecular flexibility index (Phi) is 3.22. The monoisotopic (exact) mass is 338 g/mol. The number of aliphatic hydroxyl groups excluding tert-OH is 1. The second-order valence-electron chi connectivity index (χ2n) is 7.09. The fourth-order valence-corrected chi connectivity index (χ4v) is 3.97. The lowest BCUT2D eigenvalue weighted by Crippen LogP contribution is -2.36. The molecule has 4 rings (SSSR count). The van der Waals surface area contributed by atoms with E-state index in [1.54, 1.807) is 6.33 Å². The van der Waals surface area contributed by atoms with Crippen LogP contribution in [0, 0.1) is 5.41 Å². The minimum absolute atomic E-state index is 0.0325. The van der Waals surface area contributed by atoms with E-state index in [2.05, 4.69) is 15.0 Å². The lowest BCUT2D eigenvalue weighted by molar-refractivity contribution is -0.170. The van der Waals surface area contributed by atoms with E-state index in [4.69, 9.17) is 21.1 Å². The van der Waals surface area contributed by atoms with E-state index in [1.165, 1.54) is 6.33 Å². The van der Waals surface area contributed by atoms with Gasteiger partial charge >= 0.3 is 0 Å². The van der Waals surface area contributed by atoms with E-state index in [-0.39, 0.29) is 30.3 Å². The number of ether oxygens (including phenoxy) is 2. The Bertz CT molecular complexity index is 764. The Hall–Kier alpha value is -1.28. The van der Waals surface area contributed by atoms with Crippen molar-refractivity contribution in [3.8, 4) is 0 Å². The number of hydrogen-bond donors (Lipinski definition) is 1. The minimum atomic E-state index is -0.673. The van der Waals surface area contributed by atoms with E-state index in [0.717, 1.165) is 0 Å². The Morgan fingerprint density at radius 3 is 2.83 bits per heavy atom. The number of nitrogens with zero attached hydrogens (tertiary/aromatic N) is 4. The number of hydrogen-bond acceptors (Lipinski definition) is 6. The van der Waals surface area contributed by atoms with Gasteiger partial charge in [0.2, 0.25) is 0 Å². The molecule has 7 nitrogen and oxygen atoms in total. The molecule has 23 heavy (non-hydrogen) atoms. The van der Waals surface area contributed by atoms with Gasteiger partial charge in [0.15, 0.2) is 16.6 Å². The van der Waals surface area contributed by atoms with Gasteiger partial charge < -0.3 is 19.1 Å². The summed E-state index contributed by atoms with van der Waals surface area (Å²) in [7, 11) is 0. The summed E-state index contributed by atoms with van der Waals surface area (Å²) >= 11 is 6.09. The third-order valence-electron chi connectivity index (χ3n) is 4.90. The van der Waals surface area contributed by atoms with Gasteiger partial charge in [0.25, 0.3) is 0 Å². The molecule has 1 saturated carbocycles. The SMILES string of the molecule is CC1(C)O[C@H]2[C@H](n3cnc4c(Cl)ncnc43)C[C@](C)(CO)[C@H]2O1. The van der Waals surface area contributed by atoms with E-state index >= 15 is 0 Å². The van der Waals surface area contributed by atoms with Crippen molar-refractivity contribution in [2.75, 3.05) is 6.61 Å². The van der Waals surface area contributed by atoms with Crippen LogP contribution in [0.5, 0.6) is 0 Å². The van der Waals surface area contributed by atoms with Crippen LogP contribution < -0.4 is 0 Å². The first kappa shape index (κ1) is 15.3. The average Bonchev–Trinajstić information content (AvgIpc) is 3.12. The quantitative estimate of drug-likeness (QED) is 0.843. The molecule has 1 saturated heterocycles. The van der Waals surface area contributed by atoms with E-state index in [0.29, 0.717) is 22.7 Å². The molecule has 8 heteroatoms. The van der Waals surface area contributed by atoms with Gasteiger partial charge in [-0.3, -0.25) is 0 Å². The maximum absolute atomic E-state index is 9.91. The van der Waals surface area contributed by atoms with Crippen molar-refractivity contribution in [1.82, 2.24) is 19.5 Å². The zero-order valence-electron chi connectivity index (χ0n) is 13.2. The Balaban J connectivity index is 1.80. The molecule has 1 aliphatic carbocycles. The van der Waals surface area contributed by atoms with Gasteiger partial charge in [-0.1, -0.05) is 18.5 Å². The topological polar surface area (TPSA) is 82.3 Å². The van der Waals surface area contributed by atoms with E-state index in [1.807, 2.05) is 25.3 Å². The van der Waals surface area contributed by atoms with Crippen molar-refractivity contribution in [2.45, 2.75) is 51.2 Å². The number of halogens is 1. The number of fused-ring (bicyclic) bond motifs is 2. The van der Waals surface area contributed by atoms with Crippen LogP contribution in [-0.4, -0.2) is 49.2 Å². The molecule has 3 heterocycles. The van der Waals surface area contributed by atoms with Crippen molar-refractivity contribution in [3.63, 3.8) is 0 Å². The Morgan fingerprint density at radius 2 is 2.09 bits per heavy atom. The Morgan fingerprint density at radius 1 is 1.30 bits per heavy atom. The second-order valence-corrected chi connectivity index (χ2v) is 7.45. The first-order valence-corrected chi connectivity index (χ1v) is 8.02. The largest absolute Gasteiger partial charge is 0.396 e. The molecule has 2 fully saturated rings. The van der Waals surface area contributed by atoms with Crippen molar-refractivity contribution in [2.24, 2.45) is 5.41 Å². The maximum Gasteiger partial charge on any atom is 0.165 e. The summed E-state index contributed by atoms with van der Waals surface area (Å²) < 4.78 is 14.2. The molecule has 1 aliphatic heterocycles. The Labute approximate surface area is 138 Å². The molecule has 0 aromatic carbocycles. The van der Waals surface area contributed by atoms with E-state index in [9.17, 15) is 5.11 Å². The summed E-state index contributed by atoms with van der Waals surface area (Å²) in [6.07, 6.45) is 3.50. The maximum atomic E-state index is 9.91. The highest BCUT2D eigenvalue weighted by atomic mass is 35.5. The fourth-order valence-electron chi connectivity index (χ4n) is 3.80. The molecule has 0 spiro atoms. The number of rotatable bonds is 2. The van der Waals surface area contributed by atoms with Crippen molar-refractivity contribution < 1.29 is 14.6 Å². The van der Waals surface area contributed by atoms with Crippen molar-refractivity contribution in [1.29, 1.82) is 0 Å². The van der Waals surface area contributed by atoms with Crippen LogP contribution in [-0.2, 0) is 9.47 Å². The second kappa shape index (κ2) is 4.86. The molecule has 0 unspecified atom stereocenters. The standard InChI is InChI=1S/C15H19ClN4O3/c1-14(2)22-10-8(4-15(3,5-21)11(10)23-14)20-7-19-9-12(16)17-6-18-13(9)20/h6-8,10-11,21H,4-5H2,1-3H3/t8-,10+,11+,15-/m1/s1. The van der Waals surface area contributed by atoms with E-state index < -0.39 is 5.79 Å². The van der Waals surface area contributed by atoms with Gasteiger partial charge in [-0.15, -0.1) is 0 Å². The summed E-state index contributed by atoms with van der Waals surface area (Å²) in [6, 6.07) is -0.0325. The van der Waals surface area contributed by atoms with Gasteiger partial charge in [-0.25, -0.2) is 15.0 Å². The highest BCUT2D eigenvalue weighted by molar-refractivity contribution is 6.33. The smallest absolute Gasteiger partial charge is 0.165 e. The zero-order chi connectivity index (χ0) is 16.4. The van der Waals surface area contributed by atoms with Crippen molar-refractivity contribution in [3.05, 3.63) is 17.8 Å². The number of aromatic nitrogens is 4. The van der Waals surface area contributed by atoms with Crippen LogP contribution in [0.1, 0.15) is 33.2 Å². The van der Waals surface area contributed by atoms with Crippen molar-refractivity contribution >= 4 is 22.8 Å². The first-order valence-electron chi connectivity index (χ1n) is 7.64. The lowest BCUT2D eigenvalue weighted by atomic mass is 9.87. The molecule has 1 N–H and O–H groups in total. The van der Waals surface area contributed by atoms with Gasteiger partial charge in [0.1, 0.15) is 17.9 Å². The van der Waals surface area contributed by atoms with Crippen LogP contribution in [0.2, 0.25) is 5.15 Å². The van der Waals surface area contributed by atoms with Gasteiger partial charge in [0.05, 0.1) is 25.1 Å². The molecule has 4 atom stereocenters. The molecule has 2 aliphatic rings. The van der Waals surface area contributed by atoms with Gasteiger partial charge in [-0.2, -0.15) is 0 Å². The third kappa shape index (κ3) is 2.18. The minimum Gasteiger partial charge on any atom is -0.396 e. The molecular weight excluding hydrogens is 320 g/mol. The molecular formula is C15H19ClN4O3. The summed E-state index contributed by atoms with van der Waals surface area (Å²) in [5, 5.41) is 10.2. The van der Waals surface area contributed by atoms with Crippen LogP contribution in [0.4, 0.5) is 0 Å². The zero-order valence-corrected chi connectivity index (χ0v) is 14.0. The molecule has 0 bridgehead atoms. The van der Waals surface area contributed by atoms with Crippen LogP contribution in [0.25, 0.3) is 11.2 Å². The lowest BCUT2D eigenvalue weighted by Gasteiger charge is -2.29. The summed E-state index contributed by atoms with van der Waals surface area (Å²) in [5.74, 6) is -0.673. The summed E-state index contributed by atoms with van der Waals surface area (Å²) in [4.78, 5) is 12.6. The molecule has 0 radical (unpaired) electrons. The summed E-state index contributed by atoms with van der Waals surface area (Å²) in [6.45, 7) is 5.85. The average molecular weight is 339 g/mol. The van der Waals surface area contributed by atoms with Crippen LogP contribution in [0.3, 0.4) is 0 Å². The van der Waals surface area contributed by atoms with Gasteiger partial charge in [0, 0.05) is 5.41 Å².